The summed E-state index contributed by atoms with van der Waals surface area (Å²) in [5.74, 6) is -0.563. The Balaban J connectivity index is 1.68. The lowest BCUT2D eigenvalue weighted by molar-refractivity contribution is -0.231. The highest BCUT2D eigenvalue weighted by Gasteiger charge is 2.40. The van der Waals surface area contributed by atoms with Crippen LogP contribution in [0.3, 0.4) is 0 Å². The summed E-state index contributed by atoms with van der Waals surface area (Å²) in [6.45, 7) is 1.31. The highest BCUT2D eigenvalue weighted by atomic mass is 31.2. The predicted octanol–water partition coefficient (Wildman–Crippen LogP) is 5.67. The molecule has 1 aromatic heterocycles. The van der Waals surface area contributed by atoms with Crippen LogP contribution in [0.1, 0.15) is 47.1 Å². The monoisotopic (exact) mass is 642 g/mol. The number of H-pyrrole nitrogens is 1. The second-order valence-corrected chi connectivity index (χ2v) is 11.5. The Morgan fingerprint density at radius 1 is 1.05 bits per heavy atom. The molecule has 4 rings (SSSR count). The number of halogens is 7. The number of hydrogen-bond acceptors (Lipinski definition) is 8. The van der Waals surface area contributed by atoms with Crippen LogP contribution in [0.15, 0.2) is 47.3 Å². The smallest absolute Gasteiger partial charge is 0.349 e. The van der Waals surface area contributed by atoms with E-state index in [1.165, 1.54) is 19.1 Å². The van der Waals surface area contributed by atoms with Crippen LogP contribution in [0.4, 0.5) is 30.7 Å². The molecule has 43 heavy (non-hydrogen) atoms. The maximum absolute atomic E-state index is 13.8. The van der Waals surface area contributed by atoms with E-state index >= 15 is 0 Å². The van der Waals surface area contributed by atoms with Crippen LogP contribution < -0.4 is 5.69 Å². The van der Waals surface area contributed by atoms with Crippen molar-refractivity contribution >= 4 is 7.75 Å². The molecule has 0 spiro atoms. The van der Waals surface area contributed by atoms with Crippen LogP contribution in [0.5, 0.6) is 0 Å². The Morgan fingerprint density at radius 3 is 2.16 bits per heavy atom. The van der Waals surface area contributed by atoms with E-state index in [0.29, 0.717) is 22.1 Å². The highest BCUT2D eigenvalue weighted by Crippen LogP contribution is 2.45. The molecule has 10 nitrogen and oxygen atoms in total. The number of nitrogens with zero attached hydrogens (tertiary/aromatic N) is 3. The van der Waals surface area contributed by atoms with Crippen molar-refractivity contribution < 1.29 is 53.8 Å². The lowest BCUT2D eigenvalue weighted by Crippen LogP contribution is -2.46. The highest BCUT2D eigenvalue weighted by molar-refractivity contribution is 7.51. The van der Waals surface area contributed by atoms with Crippen LogP contribution in [0.25, 0.3) is 0 Å². The number of benzene rings is 2. The van der Waals surface area contributed by atoms with Gasteiger partial charge >= 0.3 is 25.8 Å². The van der Waals surface area contributed by atoms with Crippen LogP contribution in [0, 0.1) is 5.82 Å². The van der Waals surface area contributed by atoms with Crippen molar-refractivity contribution in [2.24, 2.45) is 0 Å². The summed E-state index contributed by atoms with van der Waals surface area (Å²) in [7, 11) is -1.97. The van der Waals surface area contributed by atoms with Crippen LogP contribution in [0.2, 0.25) is 0 Å². The number of alkyl halides is 6. The number of hydrogen-bond donors (Lipinski definition) is 1. The Morgan fingerprint density at radius 2 is 1.63 bits per heavy atom. The maximum Gasteiger partial charge on any atom is 0.459 e. The first kappa shape index (κ1) is 32.8. The van der Waals surface area contributed by atoms with E-state index in [4.69, 9.17) is 18.5 Å². The Hall–Kier alpha value is -3.08. The fraction of sp³-hybridized carbons (Fsp3) is 0.440. The Bertz CT molecular complexity index is 1490. The molecule has 3 aromatic rings. The van der Waals surface area contributed by atoms with Gasteiger partial charge in [-0.3, -0.25) is 18.9 Å². The summed E-state index contributed by atoms with van der Waals surface area (Å²) >= 11 is 0. The molecule has 0 bridgehead atoms. The fourth-order valence-corrected chi connectivity index (χ4v) is 5.47. The van der Waals surface area contributed by atoms with Crippen LogP contribution in [-0.4, -0.2) is 53.1 Å². The molecule has 2 aromatic carbocycles. The number of aromatic amines is 1. The first-order chi connectivity index (χ1) is 20.1. The van der Waals surface area contributed by atoms with Crippen molar-refractivity contribution in [3.63, 3.8) is 0 Å². The molecule has 0 unspecified atom stereocenters. The van der Waals surface area contributed by atoms with Gasteiger partial charge in [0.2, 0.25) is 0 Å². The van der Waals surface area contributed by atoms with E-state index in [1.54, 1.807) is 4.90 Å². The van der Waals surface area contributed by atoms with E-state index in [1.807, 2.05) is 0 Å². The number of nitrogens with one attached hydrogen (secondary N) is 1. The van der Waals surface area contributed by atoms with Gasteiger partial charge in [-0.2, -0.15) is 26.3 Å². The topological polar surface area (TPSA) is 108 Å². The molecule has 3 atom stereocenters. The zero-order valence-corrected chi connectivity index (χ0v) is 23.7. The van der Waals surface area contributed by atoms with Crippen molar-refractivity contribution in [1.82, 2.24) is 19.4 Å². The van der Waals surface area contributed by atoms with Crippen molar-refractivity contribution in [2.45, 2.75) is 44.3 Å². The third-order valence-electron chi connectivity index (χ3n) is 6.64. The lowest BCUT2D eigenvalue weighted by atomic mass is 10.0. The van der Waals surface area contributed by atoms with Crippen molar-refractivity contribution in [1.29, 1.82) is 0 Å². The van der Waals surface area contributed by atoms with Gasteiger partial charge in [0.25, 0.3) is 0 Å². The summed E-state index contributed by atoms with van der Waals surface area (Å²) in [4.78, 5) is 16.6. The van der Waals surface area contributed by atoms with Gasteiger partial charge in [0, 0.05) is 20.8 Å². The second-order valence-electron chi connectivity index (χ2n) is 9.42. The summed E-state index contributed by atoms with van der Waals surface area (Å²) in [6.07, 6.45) is -12.7. The minimum absolute atomic E-state index is 0.00725. The summed E-state index contributed by atoms with van der Waals surface area (Å²) in [6, 6.07) is 5.34. The number of rotatable bonds is 9. The molecular formula is C25H26F7N4O6P. The molecule has 18 heteroatoms. The molecule has 1 aliphatic rings. The van der Waals surface area contributed by atoms with E-state index in [9.17, 15) is 40.1 Å². The molecule has 0 aliphatic carbocycles. The molecule has 1 aliphatic heterocycles. The standard InChI is InChI=1S/C25H26F7N4O6P/c1-14(16-10-17(24(27,28)29)12-18(11-16)25(30,31)32)42-22-21(15-4-6-19(26)7-5-15)35(8-9-41-22)13-20-33-23(37)36(34-20)43(38,39-2)40-3/h4-7,10-12,14,21-22H,8-9,13H2,1-3H3,(H,33,34,37)/t14-,21+,22-/m1/s1. The van der Waals surface area contributed by atoms with Crippen LogP contribution >= 0.6 is 7.75 Å². The molecule has 0 amide bonds. The first-order valence-corrected chi connectivity index (χ1v) is 14.0. The molecule has 0 saturated carbocycles. The van der Waals surface area contributed by atoms with Crippen molar-refractivity contribution in [3.05, 3.63) is 86.8 Å². The lowest BCUT2D eigenvalue weighted by Gasteiger charge is -2.41. The molecule has 2 heterocycles. The van der Waals surface area contributed by atoms with Gasteiger partial charge in [0.15, 0.2) is 6.29 Å². The number of morpholine rings is 1. The molecule has 236 valence electrons. The molecule has 1 fully saturated rings. The SMILES string of the molecule is COP(=O)(OC)n1nc(CN2CCO[C@H](O[C@H](C)c3cc(C(F)(F)F)cc(C(F)(F)F)c3)[C@@H]2c2ccc(F)cc2)[nH]c1=O. The van der Waals surface area contributed by atoms with E-state index in [-0.39, 0.29) is 31.6 Å². The van der Waals surface area contributed by atoms with Crippen molar-refractivity contribution in [3.8, 4) is 0 Å². The molecule has 1 N–H and O–H groups in total. The van der Waals surface area contributed by atoms with E-state index < -0.39 is 66.7 Å². The quantitative estimate of drug-likeness (QED) is 0.235. The third kappa shape index (κ3) is 7.36. The van der Waals surface area contributed by atoms with Gasteiger partial charge in [0.1, 0.15) is 11.6 Å². The minimum Gasteiger partial charge on any atom is -0.349 e. The Labute approximate surface area is 239 Å². The van der Waals surface area contributed by atoms with E-state index in [0.717, 1.165) is 26.4 Å². The van der Waals surface area contributed by atoms with E-state index in [2.05, 4.69) is 10.1 Å². The van der Waals surface area contributed by atoms with Crippen molar-refractivity contribution in [2.75, 3.05) is 27.4 Å². The van der Waals surface area contributed by atoms with Gasteiger partial charge in [-0.05, 0) is 48.4 Å². The normalized spacial score (nSPS) is 19.5. The third-order valence-corrected chi connectivity index (χ3v) is 8.29. The number of ether oxygens (including phenoxy) is 2. The summed E-state index contributed by atoms with van der Waals surface area (Å²) in [5, 5.41) is 4.00. The average molecular weight is 642 g/mol. The molecule has 1 saturated heterocycles. The summed E-state index contributed by atoms with van der Waals surface area (Å²) in [5.41, 5.74) is -3.89. The minimum atomic E-state index is -5.06. The number of aromatic nitrogens is 3. The average Bonchev–Trinajstić information content (AvgIpc) is 3.32. The predicted molar refractivity (Wildman–Crippen MR) is 135 cm³/mol. The second kappa shape index (κ2) is 12.5. The molecular weight excluding hydrogens is 616 g/mol. The maximum atomic E-state index is 13.8. The van der Waals surface area contributed by atoms with Gasteiger partial charge in [-0.1, -0.05) is 12.1 Å². The first-order valence-electron chi connectivity index (χ1n) is 12.5. The van der Waals surface area contributed by atoms with Crippen LogP contribution in [-0.2, 0) is 42.0 Å². The Kier molecular flexibility index (Phi) is 9.54. The zero-order chi connectivity index (χ0) is 31.7. The van der Waals surface area contributed by atoms with Gasteiger partial charge in [-0.15, -0.1) is 9.55 Å². The largest absolute Gasteiger partial charge is 0.459 e. The van der Waals surface area contributed by atoms with Gasteiger partial charge < -0.3 is 9.47 Å². The fourth-order valence-electron chi connectivity index (χ4n) is 4.52. The summed E-state index contributed by atoms with van der Waals surface area (Å²) < 4.78 is 129. The van der Waals surface area contributed by atoms with Gasteiger partial charge in [-0.25, -0.2) is 13.8 Å². The van der Waals surface area contributed by atoms with Gasteiger partial charge in [0.05, 0.1) is 36.4 Å². The zero-order valence-electron chi connectivity index (χ0n) is 22.8. The molecule has 0 radical (unpaired) electrons.